The first kappa shape index (κ1) is 24.8. The van der Waals surface area contributed by atoms with Gasteiger partial charge in [0.25, 0.3) is 11.6 Å². The van der Waals surface area contributed by atoms with Gasteiger partial charge in [-0.2, -0.15) is 8.42 Å². The van der Waals surface area contributed by atoms with E-state index >= 15 is 0 Å². The standard InChI is InChI=1S/C24H23FN2O6S/c1-3-17(2)26(24(28)19-7-11-21(12-8-19)27(29)30)16-18-5-4-6-22(15-18)33-34(31,32)23-13-9-20(25)10-14-23/h4-15,17H,3,16H2,1-2H3. The third kappa shape index (κ3) is 5.96. The van der Waals surface area contributed by atoms with Crippen molar-refractivity contribution < 1.29 is 26.7 Å². The van der Waals surface area contributed by atoms with E-state index in [1.807, 2.05) is 13.8 Å². The minimum Gasteiger partial charge on any atom is -0.379 e. The second kappa shape index (κ2) is 10.4. The first-order chi connectivity index (χ1) is 16.1. The van der Waals surface area contributed by atoms with E-state index in [1.54, 1.807) is 17.0 Å². The van der Waals surface area contributed by atoms with Crippen molar-refractivity contribution in [2.45, 2.75) is 37.8 Å². The van der Waals surface area contributed by atoms with E-state index in [2.05, 4.69) is 0 Å². The summed E-state index contributed by atoms with van der Waals surface area (Å²) in [5.41, 5.74) is 0.818. The van der Waals surface area contributed by atoms with Crippen LogP contribution in [0.15, 0.2) is 77.7 Å². The van der Waals surface area contributed by atoms with E-state index in [9.17, 15) is 27.7 Å². The zero-order valence-corrected chi connectivity index (χ0v) is 19.4. The molecule has 0 aliphatic carbocycles. The van der Waals surface area contributed by atoms with Gasteiger partial charge in [0, 0.05) is 30.3 Å². The van der Waals surface area contributed by atoms with E-state index in [4.69, 9.17) is 4.18 Å². The van der Waals surface area contributed by atoms with Gasteiger partial charge in [-0.05, 0) is 67.4 Å². The van der Waals surface area contributed by atoms with Crippen LogP contribution in [0.3, 0.4) is 0 Å². The van der Waals surface area contributed by atoms with Crippen LogP contribution in [-0.2, 0) is 16.7 Å². The number of hydrogen-bond donors (Lipinski definition) is 0. The van der Waals surface area contributed by atoms with Gasteiger partial charge in [0.15, 0.2) is 0 Å². The molecule has 3 aromatic rings. The molecule has 178 valence electrons. The third-order valence-corrected chi connectivity index (χ3v) is 6.53. The van der Waals surface area contributed by atoms with E-state index in [0.717, 1.165) is 24.3 Å². The first-order valence-corrected chi connectivity index (χ1v) is 11.9. The molecule has 0 bridgehead atoms. The zero-order valence-electron chi connectivity index (χ0n) is 18.5. The highest BCUT2D eigenvalue weighted by Gasteiger charge is 2.22. The van der Waals surface area contributed by atoms with Crippen LogP contribution >= 0.6 is 0 Å². The van der Waals surface area contributed by atoms with Crippen molar-refractivity contribution in [3.63, 3.8) is 0 Å². The number of nitro groups is 1. The van der Waals surface area contributed by atoms with Gasteiger partial charge in [-0.1, -0.05) is 19.1 Å². The van der Waals surface area contributed by atoms with Gasteiger partial charge in [-0.25, -0.2) is 4.39 Å². The number of nitro benzene ring substituents is 1. The lowest BCUT2D eigenvalue weighted by Gasteiger charge is -2.29. The van der Waals surface area contributed by atoms with Crippen molar-refractivity contribution >= 4 is 21.7 Å². The summed E-state index contributed by atoms with van der Waals surface area (Å²) < 4.78 is 43.3. The maximum Gasteiger partial charge on any atom is 0.339 e. The predicted octanol–water partition coefficient (Wildman–Crippen LogP) is 4.94. The fourth-order valence-electron chi connectivity index (χ4n) is 3.21. The molecule has 1 unspecified atom stereocenters. The molecular formula is C24H23FN2O6S. The predicted molar refractivity (Wildman–Crippen MR) is 123 cm³/mol. The quantitative estimate of drug-likeness (QED) is 0.241. The molecule has 0 spiro atoms. The Bertz CT molecular complexity index is 1280. The summed E-state index contributed by atoms with van der Waals surface area (Å²) in [5.74, 6) is -0.827. The molecule has 3 aromatic carbocycles. The van der Waals surface area contributed by atoms with Crippen molar-refractivity contribution in [2.75, 3.05) is 0 Å². The normalized spacial score (nSPS) is 12.1. The number of benzene rings is 3. The van der Waals surface area contributed by atoms with Gasteiger partial charge < -0.3 is 9.08 Å². The maximum atomic E-state index is 13.2. The van der Waals surface area contributed by atoms with Crippen molar-refractivity contribution in [2.24, 2.45) is 0 Å². The number of non-ortho nitro benzene ring substituents is 1. The van der Waals surface area contributed by atoms with E-state index < -0.39 is 20.9 Å². The molecule has 0 aliphatic rings. The Balaban J connectivity index is 1.82. The topological polar surface area (TPSA) is 107 Å². The van der Waals surface area contributed by atoms with Crippen molar-refractivity contribution in [1.29, 1.82) is 0 Å². The van der Waals surface area contributed by atoms with Crippen molar-refractivity contribution in [3.8, 4) is 5.75 Å². The number of carbonyl (C=O) groups is 1. The van der Waals surface area contributed by atoms with Crippen LogP contribution in [-0.4, -0.2) is 30.2 Å². The summed E-state index contributed by atoms with van der Waals surface area (Å²) in [7, 11) is -4.17. The lowest BCUT2D eigenvalue weighted by molar-refractivity contribution is -0.384. The summed E-state index contributed by atoms with van der Waals surface area (Å²) in [6, 6.07) is 15.8. The highest BCUT2D eigenvalue weighted by molar-refractivity contribution is 7.87. The summed E-state index contributed by atoms with van der Waals surface area (Å²) in [6.07, 6.45) is 0.661. The zero-order chi connectivity index (χ0) is 24.9. The second-order valence-electron chi connectivity index (χ2n) is 7.63. The molecule has 0 fully saturated rings. The molecule has 8 nitrogen and oxygen atoms in total. The minimum atomic E-state index is -4.17. The Morgan fingerprint density at radius 3 is 2.32 bits per heavy atom. The van der Waals surface area contributed by atoms with Gasteiger partial charge in [-0.15, -0.1) is 0 Å². The molecule has 3 rings (SSSR count). The molecule has 1 amide bonds. The van der Waals surface area contributed by atoms with Crippen LogP contribution in [0, 0.1) is 15.9 Å². The molecule has 0 saturated carbocycles. The van der Waals surface area contributed by atoms with Crippen molar-refractivity contribution in [3.05, 3.63) is 99.9 Å². The highest BCUT2D eigenvalue weighted by Crippen LogP contribution is 2.23. The summed E-state index contributed by atoms with van der Waals surface area (Å²) in [6.45, 7) is 3.97. The van der Waals surface area contributed by atoms with Gasteiger partial charge in [0.05, 0.1) is 4.92 Å². The third-order valence-electron chi connectivity index (χ3n) is 5.27. The highest BCUT2D eigenvalue weighted by atomic mass is 32.2. The summed E-state index contributed by atoms with van der Waals surface area (Å²) >= 11 is 0. The molecule has 0 N–H and O–H groups in total. The van der Waals surface area contributed by atoms with Gasteiger partial charge in [0.2, 0.25) is 0 Å². The average Bonchev–Trinajstić information content (AvgIpc) is 2.82. The Labute approximate surface area is 196 Å². The molecular weight excluding hydrogens is 463 g/mol. The van der Waals surface area contributed by atoms with Gasteiger partial charge in [-0.3, -0.25) is 14.9 Å². The maximum absolute atomic E-state index is 13.2. The molecule has 0 saturated heterocycles. The van der Waals surface area contributed by atoms with Crippen molar-refractivity contribution in [1.82, 2.24) is 4.90 Å². The molecule has 34 heavy (non-hydrogen) atoms. The summed E-state index contributed by atoms with van der Waals surface area (Å²) in [4.78, 5) is 24.9. The number of hydrogen-bond acceptors (Lipinski definition) is 6. The Morgan fingerprint density at radius 1 is 1.09 bits per heavy atom. The molecule has 1 atom stereocenters. The molecule has 0 heterocycles. The molecule has 0 aromatic heterocycles. The van der Waals surface area contributed by atoms with Crippen LogP contribution in [0.25, 0.3) is 0 Å². The smallest absolute Gasteiger partial charge is 0.339 e. The molecule has 10 heteroatoms. The molecule has 0 aliphatic heterocycles. The monoisotopic (exact) mass is 486 g/mol. The van der Waals surface area contributed by atoms with Crippen LogP contribution in [0.1, 0.15) is 36.2 Å². The first-order valence-electron chi connectivity index (χ1n) is 10.4. The van der Waals surface area contributed by atoms with Crippen LogP contribution in [0.4, 0.5) is 10.1 Å². The Hall–Kier alpha value is -3.79. The number of halogens is 1. The number of rotatable bonds is 9. The van der Waals surface area contributed by atoms with E-state index in [-0.39, 0.29) is 34.8 Å². The van der Waals surface area contributed by atoms with E-state index in [0.29, 0.717) is 17.5 Å². The van der Waals surface area contributed by atoms with Crippen LogP contribution < -0.4 is 4.18 Å². The SMILES string of the molecule is CCC(C)N(Cc1cccc(OS(=O)(=O)c2ccc(F)cc2)c1)C(=O)c1ccc([N+](=O)[O-])cc1. The summed E-state index contributed by atoms with van der Waals surface area (Å²) in [5, 5.41) is 10.9. The Kier molecular flexibility index (Phi) is 7.62. The lowest BCUT2D eigenvalue weighted by atomic mass is 10.1. The second-order valence-corrected chi connectivity index (χ2v) is 9.18. The fourth-order valence-corrected chi connectivity index (χ4v) is 4.13. The number of nitrogens with zero attached hydrogens (tertiary/aromatic N) is 2. The minimum absolute atomic E-state index is 0.0497. The fraction of sp³-hybridized carbons (Fsp3) is 0.208. The average molecular weight is 487 g/mol. The van der Waals surface area contributed by atoms with E-state index in [1.165, 1.54) is 36.4 Å². The largest absolute Gasteiger partial charge is 0.379 e. The van der Waals surface area contributed by atoms with Crippen LogP contribution in [0.2, 0.25) is 0 Å². The van der Waals surface area contributed by atoms with Gasteiger partial charge >= 0.3 is 10.1 Å². The van der Waals surface area contributed by atoms with Gasteiger partial charge in [0.1, 0.15) is 16.5 Å². The lowest BCUT2D eigenvalue weighted by Crippen LogP contribution is -2.37. The van der Waals surface area contributed by atoms with Crippen LogP contribution in [0.5, 0.6) is 5.75 Å². The molecule has 0 radical (unpaired) electrons. The Morgan fingerprint density at radius 2 is 1.74 bits per heavy atom. The number of carbonyl (C=O) groups excluding carboxylic acids is 1. The number of amides is 1.